The number of halogens is 1. The number of nitrogen functional groups attached to an aromatic ring is 1. The first kappa shape index (κ1) is 26.6. The van der Waals surface area contributed by atoms with E-state index >= 15 is 0 Å². The lowest BCUT2D eigenvalue weighted by Crippen LogP contribution is -2.13. The normalized spacial score (nSPS) is 11.7. The smallest absolute Gasteiger partial charge is 0.263 e. The molecule has 3 N–H and O–H groups in total. The van der Waals surface area contributed by atoms with E-state index in [1.807, 2.05) is 20.8 Å². The van der Waals surface area contributed by atoms with Crippen LogP contribution in [0.2, 0.25) is 5.02 Å². The molecule has 0 bridgehead atoms. The molecule has 0 aliphatic heterocycles. The topological polar surface area (TPSA) is 119 Å². The molecule has 11 heteroatoms. The fraction of sp³-hybridized carbons (Fsp3) is 0.192. The molecular formula is C26H26ClN5O3S2. The third-order valence-electron chi connectivity index (χ3n) is 5.60. The van der Waals surface area contributed by atoms with Crippen LogP contribution in [0.3, 0.4) is 0 Å². The number of benzene rings is 3. The van der Waals surface area contributed by atoms with E-state index in [0.717, 1.165) is 16.7 Å². The summed E-state index contributed by atoms with van der Waals surface area (Å²) in [5, 5.41) is 9.58. The molecule has 0 spiro atoms. The Morgan fingerprint density at radius 1 is 1.00 bits per heavy atom. The third kappa shape index (κ3) is 6.10. The van der Waals surface area contributed by atoms with Gasteiger partial charge in [0.05, 0.1) is 17.3 Å². The molecule has 37 heavy (non-hydrogen) atoms. The number of hydrogen-bond donors (Lipinski definition) is 2. The van der Waals surface area contributed by atoms with Crippen molar-refractivity contribution in [1.82, 2.24) is 4.98 Å². The van der Waals surface area contributed by atoms with Crippen LogP contribution in [-0.2, 0) is 10.0 Å². The summed E-state index contributed by atoms with van der Waals surface area (Å²) in [6.45, 7) is 8.48. The zero-order chi connectivity index (χ0) is 26.7. The molecule has 1 aromatic heterocycles. The summed E-state index contributed by atoms with van der Waals surface area (Å²) in [5.41, 5.74) is 11.6. The highest BCUT2D eigenvalue weighted by atomic mass is 35.5. The SMILES string of the molecule is CCOc1ccc(NS(=O)(=O)c2cc(N=Nc3sc(N)nc3-c3cc(C)c(C)cc3C)ccc2Cl)cc1. The Balaban J connectivity index is 1.63. The predicted molar refractivity (Wildman–Crippen MR) is 150 cm³/mol. The minimum Gasteiger partial charge on any atom is -0.494 e. The van der Waals surface area contributed by atoms with Crippen LogP contribution in [0.15, 0.2) is 69.7 Å². The number of sulfonamides is 1. The van der Waals surface area contributed by atoms with Crippen LogP contribution in [0.4, 0.5) is 21.5 Å². The predicted octanol–water partition coefficient (Wildman–Crippen LogP) is 7.59. The number of anilines is 2. The van der Waals surface area contributed by atoms with Gasteiger partial charge in [0.15, 0.2) is 10.1 Å². The second-order valence-electron chi connectivity index (χ2n) is 8.33. The first-order chi connectivity index (χ1) is 17.6. The summed E-state index contributed by atoms with van der Waals surface area (Å²) in [6, 6.07) is 15.2. The molecule has 4 rings (SSSR count). The van der Waals surface area contributed by atoms with Crippen molar-refractivity contribution in [2.45, 2.75) is 32.6 Å². The largest absolute Gasteiger partial charge is 0.494 e. The minimum atomic E-state index is -3.99. The van der Waals surface area contributed by atoms with Crippen molar-refractivity contribution >= 4 is 54.5 Å². The highest BCUT2D eigenvalue weighted by Gasteiger charge is 2.20. The molecule has 1 heterocycles. The van der Waals surface area contributed by atoms with Gasteiger partial charge in [-0.3, -0.25) is 4.72 Å². The number of hydrogen-bond acceptors (Lipinski definition) is 8. The van der Waals surface area contributed by atoms with Gasteiger partial charge in [0.25, 0.3) is 10.0 Å². The van der Waals surface area contributed by atoms with Crippen molar-refractivity contribution < 1.29 is 13.2 Å². The van der Waals surface area contributed by atoms with E-state index in [9.17, 15) is 8.42 Å². The molecule has 192 valence electrons. The van der Waals surface area contributed by atoms with Gasteiger partial charge in [-0.25, -0.2) is 13.4 Å². The summed E-state index contributed by atoms with van der Waals surface area (Å²) in [7, 11) is -3.99. The second kappa shape index (κ2) is 10.9. The van der Waals surface area contributed by atoms with Gasteiger partial charge in [-0.2, -0.15) is 0 Å². The van der Waals surface area contributed by atoms with E-state index in [1.54, 1.807) is 30.3 Å². The lowest BCUT2D eigenvalue weighted by Gasteiger charge is -2.11. The number of aromatic nitrogens is 1. The summed E-state index contributed by atoms with van der Waals surface area (Å²) in [6.07, 6.45) is 0. The molecule has 8 nitrogen and oxygen atoms in total. The van der Waals surface area contributed by atoms with Crippen LogP contribution in [0.1, 0.15) is 23.6 Å². The Hall–Kier alpha value is -3.47. The molecule has 0 saturated heterocycles. The van der Waals surface area contributed by atoms with Crippen molar-refractivity contribution in [2.24, 2.45) is 10.2 Å². The molecule has 0 aliphatic rings. The molecule has 0 aliphatic carbocycles. The molecule has 0 amide bonds. The van der Waals surface area contributed by atoms with Crippen LogP contribution >= 0.6 is 22.9 Å². The van der Waals surface area contributed by atoms with Gasteiger partial charge in [0.1, 0.15) is 16.3 Å². The van der Waals surface area contributed by atoms with E-state index in [1.165, 1.54) is 29.0 Å². The molecule has 0 radical (unpaired) electrons. The highest BCUT2D eigenvalue weighted by Crippen LogP contribution is 2.40. The average molecular weight is 556 g/mol. The van der Waals surface area contributed by atoms with Crippen LogP contribution in [0, 0.1) is 20.8 Å². The molecular weight excluding hydrogens is 530 g/mol. The van der Waals surface area contributed by atoms with Crippen LogP contribution < -0.4 is 15.2 Å². The summed E-state index contributed by atoms with van der Waals surface area (Å²) < 4.78 is 34.1. The number of azo groups is 1. The van der Waals surface area contributed by atoms with E-state index in [4.69, 9.17) is 22.1 Å². The Morgan fingerprint density at radius 2 is 1.70 bits per heavy atom. The highest BCUT2D eigenvalue weighted by molar-refractivity contribution is 7.92. The summed E-state index contributed by atoms with van der Waals surface area (Å²) in [4.78, 5) is 4.35. The van der Waals surface area contributed by atoms with Gasteiger partial charge >= 0.3 is 0 Å². The van der Waals surface area contributed by atoms with Gasteiger partial charge in [-0.1, -0.05) is 29.0 Å². The molecule has 0 saturated carbocycles. The average Bonchev–Trinajstić information content (AvgIpc) is 3.22. The van der Waals surface area contributed by atoms with Gasteiger partial charge in [-0.05, 0) is 92.9 Å². The van der Waals surface area contributed by atoms with E-state index < -0.39 is 10.0 Å². The minimum absolute atomic E-state index is 0.0610. The fourth-order valence-corrected chi connectivity index (χ4v) is 5.89. The fourth-order valence-electron chi connectivity index (χ4n) is 3.65. The molecule has 0 fully saturated rings. The van der Waals surface area contributed by atoms with Crippen LogP contribution in [0.5, 0.6) is 5.75 Å². The first-order valence-corrected chi connectivity index (χ1v) is 14.1. The molecule has 0 atom stereocenters. The Labute approximate surface area is 225 Å². The maximum Gasteiger partial charge on any atom is 0.263 e. The van der Waals surface area contributed by atoms with Crippen molar-refractivity contribution in [2.75, 3.05) is 17.1 Å². The lowest BCUT2D eigenvalue weighted by atomic mass is 9.99. The van der Waals surface area contributed by atoms with E-state index in [-0.39, 0.29) is 9.92 Å². The van der Waals surface area contributed by atoms with Gasteiger partial charge in [0.2, 0.25) is 0 Å². The first-order valence-electron chi connectivity index (χ1n) is 11.4. The van der Waals surface area contributed by atoms with E-state index in [2.05, 4.69) is 39.0 Å². The Bertz CT molecular complexity index is 1580. The number of aryl methyl sites for hydroxylation is 3. The van der Waals surface area contributed by atoms with Crippen molar-refractivity contribution in [3.05, 3.63) is 76.3 Å². The number of nitrogens with two attached hydrogens (primary N) is 1. The molecule has 3 aromatic carbocycles. The summed E-state index contributed by atoms with van der Waals surface area (Å²) in [5.74, 6) is 0.643. The van der Waals surface area contributed by atoms with Crippen molar-refractivity contribution in [1.29, 1.82) is 0 Å². The zero-order valence-electron chi connectivity index (χ0n) is 20.7. The van der Waals surface area contributed by atoms with Crippen molar-refractivity contribution in [3.8, 4) is 17.0 Å². The lowest BCUT2D eigenvalue weighted by molar-refractivity contribution is 0.340. The Kier molecular flexibility index (Phi) is 7.82. The van der Waals surface area contributed by atoms with Gasteiger partial charge in [-0.15, -0.1) is 10.2 Å². The number of rotatable bonds is 8. The van der Waals surface area contributed by atoms with Crippen LogP contribution in [0.25, 0.3) is 11.3 Å². The second-order valence-corrected chi connectivity index (χ2v) is 11.4. The summed E-state index contributed by atoms with van der Waals surface area (Å²) >= 11 is 7.45. The van der Waals surface area contributed by atoms with Gasteiger partial charge in [0, 0.05) is 11.3 Å². The van der Waals surface area contributed by atoms with Crippen molar-refractivity contribution in [3.63, 3.8) is 0 Å². The van der Waals surface area contributed by atoms with Gasteiger partial charge < -0.3 is 10.5 Å². The maximum atomic E-state index is 13.1. The number of nitrogens with one attached hydrogen (secondary N) is 1. The zero-order valence-corrected chi connectivity index (χ0v) is 23.1. The standard InChI is InChI=1S/C26H26ClN5O3S2/c1-5-35-20-9-6-18(7-10-20)32-37(33,34)23-14-19(8-11-22(23)27)30-31-25-24(29-26(28)36-25)21-13-16(3)15(2)12-17(21)4/h6-14,32H,5H2,1-4H3,(H2,28,29). The van der Waals surface area contributed by atoms with Crippen LogP contribution in [-0.4, -0.2) is 20.0 Å². The molecule has 0 unspecified atom stereocenters. The quantitative estimate of drug-likeness (QED) is 0.217. The number of ether oxygens (including phenoxy) is 1. The monoisotopic (exact) mass is 555 g/mol. The number of thiazole rings is 1. The maximum absolute atomic E-state index is 13.1. The van der Waals surface area contributed by atoms with E-state index in [0.29, 0.717) is 39.6 Å². The third-order valence-corrected chi connectivity index (χ3v) is 8.23. The Morgan fingerprint density at radius 3 is 2.41 bits per heavy atom. The molecule has 4 aromatic rings. The number of nitrogens with zero attached hydrogens (tertiary/aromatic N) is 3.